The van der Waals surface area contributed by atoms with Gasteiger partial charge in [0, 0.05) is 36.6 Å². The number of anilines is 1. The fourth-order valence-corrected chi connectivity index (χ4v) is 5.56. The van der Waals surface area contributed by atoms with Gasteiger partial charge in [-0.15, -0.1) is 0 Å². The number of aromatic amines is 1. The number of likely N-dealkylation sites (tertiary alicyclic amines) is 1. The first-order valence-electron chi connectivity index (χ1n) is 11.7. The van der Waals surface area contributed by atoms with Crippen molar-refractivity contribution in [2.75, 3.05) is 31.6 Å². The van der Waals surface area contributed by atoms with E-state index in [2.05, 4.69) is 10.3 Å². The Morgan fingerprint density at radius 2 is 1.91 bits per heavy atom. The summed E-state index contributed by atoms with van der Waals surface area (Å²) >= 11 is 0. The molecular formula is C24H30F3N3O2. The minimum absolute atomic E-state index is 0.0558. The Balaban J connectivity index is 1.10. The topological polar surface area (TPSA) is 57.4 Å². The maximum Gasteiger partial charge on any atom is 0.401 e. The van der Waals surface area contributed by atoms with Crippen LogP contribution in [0.25, 0.3) is 10.9 Å². The van der Waals surface area contributed by atoms with E-state index in [0.29, 0.717) is 49.8 Å². The number of hydrogen-bond acceptors (Lipinski definition) is 3. The third-order valence-corrected chi connectivity index (χ3v) is 7.22. The zero-order valence-electron chi connectivity index (χ0n) is 18.1. The van der Waals surface area contributed by atoms with E-state index in [1.807, 2.05) is 24.4 Å². The van der Waals surface area contributed by atoms with Gasteiger partial charge in [-0.3, -0.25) is 9.69 Å². The first-order valence-corrected chi connectivity index (χ1v) is 11.7. The number of hydrogen-bond donors (Lipinski definition) is 2. The zero-order valence-corrected chi connectivity index (χ0v) is 18.1. The predicted octanol–water partition coefficient (Wildman–Crippen LogP) is 5.20. The summed E-state index contributed by atoms with van der Waals surface area (Å²) in [5.41, 5.74) is 1.73. The number of benzene rings is 1. The Labute approximate surface area is 185 Å². The molecule has 3 aliphatic rings. The number of carbonyl (C=O) groups is 1. The van der Waals surface area contributed by atoms with Crippen molar-refractivity contribution in [2.45, 2.75) is 44.7 Å². The van der Waals surface area contributed by atoms with Gasteiger partial charge in [-0.05, 0) is 74.0 Å². The number of amides is 1. The monoisotopic (exact) mass is 449 g/mol. The number of aromatic nitrogens is 1. The Kier molecular flexibility index (Phi) is 5.82. The molecule has 3 atom stereocenters. The average Bonchev–Trinajstić information content (AvgIpc) is 3.14. The van der Waals surface area contributed by atoms with E-state index >= 15 is 0 Å². The number of H-pyrrole nitrogens is 1. The molecule has 2 aromatic rings. The van der Waals surface area contributed by atoms with Crippen LogP contribution in [0, 0.1) is 23.7 Å². The minimum Gasteiger partial charge on any atom is -0.494 e. The lowest BCUT2D eigenvalue weighted by molar-refractivity contribution is -0.144. The van der Waals surface area contributed by atoms with Crippen LogP contribution in [0.5, 0.6) is 5.75 Å². The Hall–Kier alpha value is -2.22. The number of nitrogens with zero attached hydrogens (tertiary/aromatic N) is 1. The van der Waals surface area contributed by atoms with Gasteiger partial charge in [0.25, 0.3) is 0 Å². The summed E-state index contributed by atoms with van der Waals surface area (Å²) in [7, 11) is 0. The quantitative estimate of drug-likeness (QED) is 0.583. The van der Waals surface area contributed by atoms with Crippen molar-refractivity contribution in [1.82, 2.24) is 9.88 Å². The molecule has 1 aromatic carbocycles. The van der Waals surface area contributed by atoms with E-state index in [1.165, 1.54) is 0 Å². The van der Waals surface area contributed by atoms with Crippen molar-refractivity contribution in [3.8, 4) is 5.75 Å². The van der Waals surface area contributed by atoms with E-state index < -0.39 is 12.7 Å². The highest BCUT2D eigenvalue weighted by Crippen LogP contribution is 2.43. The number of nitrogens with one attached hydrogen (secondary N) is 2. The molecule has 8 heteroatoms. The third-order valence-electron chi connectivity index (χ3n) is 7.22. The molecule has 5 rings (SSSR count). The van der Waals surface area contributed by atoms with Crippen molar-refractivity contribution in [1.29, 1.82) is 0 Å². The molecule has 0 bridgehead atoms. The van der Waals surface area contributed by atoms with Crippen LogP contribution < -0.4 is 10.1 Å². The number of rotatable bonds is 8. The molecule has 2 aliphatic carbocycles. The average molecular weight is 450 g/mol. The SMILES string of the molecule is O=C(CC1CC1)Nc1c[nH]c2ccc(OCCC3C[C@@H]4CN(CC(F)(F)F)C[C@@H]4C3)cc12. The Morgan fingerprint density at radius 3 is 2.59 bits per heavy atom. The molecule has 0 radical (unpaired) electrons. The highest BCUT2D eigenvalue weighted by atomic mass is 19.4. The minimum atomic E-state index is -4.10. The van der Waals surface area contributed by atoms with Gasteiger partial charge in [-0.1, -0.05) is 0 Å². The van der Waals surface area contributed by atoms with Crippen LogP contribution in [-0.2, 0) is 4.79 Å². The lowest BCUT2D eigenvalue weighted by atomic mass is 10.0. The van der Waals surface area contributed by atoms with Crippen LogP contribution in [0.15, 0.2) is 24.4 Å². The first-order chi connectivity index (χ1) is 15.3. The molecule has 1 aromatic heterocycles. The van der Waals surface area contributed by atoms with E-state index in [-0.39, 0.29) is 5.91 Å². The van der Waals surface area contributed by atoms with Crippen molar-refractivity contribution >= 4 is 22.5 Å². The summed E-state index contributed by atoms with van der Waals surface area (Å²) in [6, 6.07) is 5.83. The molecule has 174 valence electrons. The summed E-state index contributed by atoms with van der Waals surface area (Å²) < 4.78 is 43.9. The fraction of sp³-hybridized carbons (Fsp3) is 0.625. The largest absolute Gasteiger partial charge is 0.494 e. The molecule has 5 nitrogen and oxygen atoms in total. The summed E-state index contributed by atoms with van der Waals surface area (Å²) in [5.74, 6) is 2.67. The van der Waals surface area contributed by atoms with Crippen LogP contribution in [0.3, 0.4) is 0 Å². The van der Waals surface area contributed by atoms with Crippen LogP contribution in [0.1, 0.15) is 38.5 Å². The molecule has 1 unspecified atom stereocenters. The van der Waals surface area contributed by atoms with Crippen LogP contribution in [0.4, 0.5) is 18.9 Å². The van der Waals surface area contributed by atoms with Crippen molar-refractivity contribution in [3.63, 3.8) is 0 Å². The molecular weight excluding hydrogens is 419 g/mol. The molecule has 1 amide bonds. The van der Waals surface area contributed by atoms with Crippen molar-refractivity contribution < 1.29 is 22.7 Å². The molecule has 1 aliphatic heterocycles. The lowest BCUT2D eigenvalue weighted by Crippen LogP contribution is -2.33. The van der Waals surface area contributed by atoms with E-state index in [0.717, 1.165) is 54.4 Å². The highest BCUT2D eigenvalue weighted by molar-refractivity contribution is 6.02. The first kappa shape index (κ1) is 21.6. The highest BCUT2D eigenvalue weighted by Gasteiger charge is 2.43. The number of alkyl halides is 3. The van der Waals surface area contributed by atoms with E-state index in [4.69, 9.17) is 4.74 Å². The van der Waals surface area contributed by atoms with Gasteiger partial charge in [0.05, 0.1) is 18.8 Å². The second kappa shape index (κ2) is 8.61. The molecule has 2 saturated carbocycles. The third kappa shape index (κ3) is 5.22. The molecule has 2 N–H and O–H groups in total. The van der Waals surface area contributed by atoms with Crippen LogP contribution in [0.2, 0.25) is 0 Å². The fourth-order valence-electron chi connectivity index (χ4n) is 5.56. The zero-order chi connectivity index (χ0) is 22.3. The van der Waals surface area contributed by atoms with Gasteiger partial charge in [-0.25, -0.2) is 0 Å². The summed E-state index contributed by atoms with van der Waals surface area (Å²) in [6.45, 7) is 0.954. The molecule has 2 heterocycles. The van der Waals surface area contributed by atoms with Crippen LogP contribution in [-0.4, -0.2) is 48.2 Å². The van der Waals surface area contributed by atoms with Gasteiger partial charge in [-0.2, -0.15) is 13.2 Å². The van der Waals surface area contributed by atoms with E-state index in [9.17, 15) is 18.0 Å². The summed E-state index contributed by atoms with van der Waals surface area (Å²) in [6.07, 6.45) is 3.50. The number of fused-ring (bicyclic) bond motifs is 2. The van der Waals surface area contributed by atoms with Crippen LogP contribution >= 0.6 is 0 Å². The molecule has 0 spiro atoms. The van der Waals surface area contributed by atoms with Gasteiger partial charge in [0.15, 0.2) is 0 Å². The van der Waals surface area contributed by atoms with Gasteiger partial charge in [0.1, 0.15) is 5.75 Å². The second-order valence-corrected chi connectivity index (χ2v) is 9.91. The number of ether oxygens (including phenoxy) is 1. The normalized spacial score (nSPS) is 25.9. The molecule has 32 heavy (non-hydrogen) atoms. The summed E-state index contributed by atoms with van der Waals surface area (Å²) in [5, 5.41) is 3.94. The smallest absolute Gasteiger partial charge is 0.401 e. The lowest BCUT2D eigenvalue weighted by Gasteiger charge is -2.20. The Morgan fingerprint density at radius 1 is 1.16 bits per heavy atom. The van der Waals surface area contributed by atoms with Gasteiger partial charge >= 0.3 is 6.18 Å². The maximum atomic E-state index is 12.6. The Bertz CT molecular complexity index is 955. The van der Waals surface area contributed by atoms with Crippen molar-refractivity contribution in [2.24, 2.45) is 23.7 Å². The van der Waals surface area contributed by atoms with Crippen molar-refractivity contribution in [3.05, 3.63) is 24.4 Å². The second-order valence-electron chi connectivity index (χ2n) is 9.91. The van der Waals surface area contributed by atoms with Gasteiger partial charge in [0.2, 0.25) is 5.91 Å². The summed E-state index contributed by atoms with van der Waals surface area (Å²) in [4.78, 5) is 16.9. The molecule has 1 saturated heterocycles. The molecule has 3 fully saturated rings. The number of carbonyl (C=O) groups excluding carboxylic acids is 1. The van der Waals surface area contributed by atoms with E-state index in [1.54, 1.807) is 4.90 Å². The number of halogens is 3. The standard InChI is InChI=1S/C24H30F3N3O2/c25-24(26,27)14-30-12-17-7-16(8-18(17)13-30)5-6-32-19-3-4-21-20(10-19)22(11-28-21)29-23(31)9-15-1-2-15/h3-4,10-11,15-18,28H,1-2,5-9,12-14H2,(H,29,31)/t16?,17-,18+. The predicted molar refractivity (Wildman–Crippen MR) is 117 cm³/mol. The van der Waals surface area contributed by atoms with Gasteiger partial charge < -0.3 is 15.0 Å². The maximum absolute atomic E-state index is 12.6.